The van der Waals surface area contributed by atoms with E-state index in [0.29, 0.717) is 33.3 Å². The van der Waals surface area contributed by atoms with Gasteiger partial charge in [-0.25, -0.2) is 4.68 Å². The summed E-state index contributed by atoms with van der Waals surface area (Å²) in [6.45, 7) is 1.54. The van der Waals surface area contributed by atoms with Crippen LogP contribution in [0.5, 0.6) is 0 Å². The Morgan fingerprint density at radius 2 is 1.53 bits per heavy atom. The highest BCUT2D eigenvalue weighted by Crippen LogP contribution is 2.36. The molecule has 0 aliphatic rings. The lowest BCUT2D eigenvalue weighted by Gasteiger charge is -2.13. The number of alkyl halides is 3. The Kier molecular flexibility index (Phi) is 5.62. The molecule has 0 fully saturated rings. The van der Waals surface area contributed by atoms with Crippen molar-refractivity contribution < 1.29 is 23.1 Å². The van der Waals surface area contributed by atoms with Crippen LogP contribution in [0.1, 0.15) is 16.8 Å². The van der Waals surface area contributed by atoms with E-state index in [2.05, 4.69) is 5.10 Å². The first-order valence-electron chi connectivity index (χ1n) is 11.1. The lowest BCUT2D eigenvalue weighted by molar-refractivity contribution is -0.138. The summed E-state index contributed by atoms with van der Waals surface area (Å²) in [5, 5.41) is 15.9. The number of fused-ring (bicyclic) bond motifs is 2. The quantitative estimate of drug-likeness (QED) is 0.353. The van der Waals surface area contributed by atoms with Crippen molar-refractivity contribution in [3.63, 3.8) is 0 Å². The van der Waals surface area contributed by atoms with Gasteiger partial charge in [-0.05, 0) is 36.8 Å². The van der Waals surface area contributed by atoms with Crippen molar-refractivity contribution in [1.82, 2.24) is 14.3 Å². The molecule has 5 aromatic rings. The van der Waals surface area contributed by atoms with E-state index in [4.69, 9.17) is 0 Å². The van der Waals surface area contributed by atoms with Crippen molar-refractivity contribution in [1.29, 1.82) is 0 Å². The van der Waals surface area contributed by atoms with Crippen molar-refractivity contribution in [2.24, 2.45) is 0 Å². The summed E-state index contributed by atoms with van der Waals surface area (Å²) in [4.78, 5) is 24.8. The van der Waals surface area contributed by atoms with Crippen molar-refractivity contribution in [3.05, 3.63) is 100.0 Å². The zero-order chi connectivity index (χ0) is 25.6. The number of benzene rings is 3. The minimum atomic E-state index is -4.45. The Balaban J connectivity index is 1.73. The Hall–Kier alpha value is -4.40. The van der Waals surface area contributed by atoms with Crippen LogP contribution in [-0.4, -0.2) is 25.4 Å². The molecule has 36 heavy (non-hydrogen) atoms. The van der Waals surface area contributed by atoms with E-state index in [1.165, 1.54) is 16.8 Å². The Labute approximate surface area is 202 Å². The van der Waals surface area contributed by atoms with Gasteiger partial charge >= 0.3 is 12.1 Å². The second-order valence-electron chi connectivity index (χ2n) is 8.51. The molecule has 0 bridgehead atoms. The molecule has 9 heteroatoms. The maximum atomic E-state index is 13.3. The molecule has 0 aliphatic heterocycles. The van der Waals surface area contributed by atoms with Crippen LogP contribution in [-0.2, 0) is 24.1 Å². The predicted octanol–water partition coefficient (Wildman–Crippen LogP) is 5.48. The topological polar surface area (TPSA) is 77.1 Å². The summed E-state index contributed by atoms with van der Waals surface area (Å²) in [7, 11) is 0. The van der Waals surface area contributed by atoms with E-state index in [0.717, 1.165) is 23.0 Å². The van der Waals surface area contributed by atoms with E-state index >= 15 is 0 Å². The molecule has 3 aromatic carbocycles. The number of hydrogen-bond donors (Lipinski definition) is 1. The summed E-state index contributed by atoms with van der Waals surface area (Å²) in [5.74, 6) is -0.990. The zero-order valence-corrected chi connectivity index (χ0v) is 19.1. The number of hydrogen-bond acceptors (Lipinski definition) is 3. The van der Waals surface area contributed by atoms with Crippen molar-refractivity contribution >= 4 is 27.6 Å². The average molecular weight is 491 g/mol. The minimum Gasteiger partial charge on any atom is -0.480 e. The number of aliphatic carboxylic acids is 1. The molecule has 0 amide bonds. The van der Waals surface area contributed by atoms with Crippen molar-refractivity contribution in [2.45, 2.75) is 26.2 Å². The van der Waals surface area contributed by atoms with Crippen LogP contribution >= 0.6 is 0 Å². The first-order chi connectivity index (χ1) is 17.1. The van der Waals surface area contributed by atoms with Crippen LogP contribution < -0.4 is 5.56 Å². The van der Waals surface area contributed by atoms with Crippen LogP contribution in [0.4, 0.5) is 13.2 Å². The van der Waals surface area contributed by atoms with Gasteiger partial charge in [0.15, 0.2) is 0 Å². The van der Waals surface area contributed by atoms with Crippen molar-refractivity contribution in [3.8, 4) is 11.3 Å². The molecule has 182 valence electrons. The van der Waals surface area contributed by atoms with Gasteiger partial charge in [0.05, 0.1) is 17.5 Å². The second-order valence-corrected chi connectivity index (χ2v) is 8.51. The largest absolute Gasteiger partial charge is 0.480 e. The van der Waals surface area contributed by atoms with Gasteiger partial charge in [0.1, 0.15) is 12.2 Å². The van der Waals surface area contributed by atoms with Gasteiger partial charge in [-0.3, -0.25) is 9.59 Å². The van der Waals surface area contributed by atoms with E-state index in [1.807, 2.05) is 24.3 Å². The van der Waals surface area contributed by atoms with E-state index in [-0.39, 0.29) is 18.6 Å². The van der Waals surface area contributed by atoms with Crippen LogP contribution in [0.2, 0.25) is 0 Å². The highest BCUT2D eigenvalue weighted by atomic mass is 19.4. The fourth-order valence-electron chi connectivity index (χ4n) is 4.57. The van der Waals surface area contributed by atoms with Gasteiger partial charge in [-0.2, -0.15) is 18.3 Å². The van der Waals surface area contributed by atoms with Gasteiger partial charge < -0.3 is 9.67 Å². The molecule has 0 unspecified atom stereocenters. The van der Waals surface area contributed by atoms with E-state index < -0.39 is 17.7 Å². The summed E-state index contributed by atoms with van der Waals surface area (Å²) in [6, 6.07) is 19.0. The van der Waals surface area contributed by atoms with Crippen molar-refractivity contribution in [2.75, 3.05) is 0 Å². The van der Waals surface area contributed by atoms with Gasteiger partial charge in [-0.1, -0.05) is 48.5 Å². The number of carboxylic acids is 1. The first-order valence-corrected chi connectivity index (χ1v) is 11.1. The molecule has 0 radical (unpaired) electrons. The molecule has 0 spiro atoms. The average Bonchev–Trinajstić information content (AvgIpc) is 3.11. The summed E-state index contributed by atoms with van der Waals surface area (Å²) in [6.07, 6.45) is -4.45. The third-order valence-corrected chi connectivity index (χ3v) is 6.24. The second kappa shape index (κ2) is 8.67. The van der Waals surface area contributed by atoms with Gasteiger partial charge in [0.25, 0.3) is 5.56 Å². The van der Waals surface area contributed by atoms with Gasteiger partial charge in [-0.15, -0.1) is 0 Å². The zero-order valence-electron chi connectivity index (χ0n) is 19.1. The number of aromatic nitrogens is 3. The Morgan fingerprint density at radius 3 is 2.17 bits per heavy atom. The molecule has 0 saturated carbocycles. The molecule has 6 nitrogen and oxygen atoms in total. The lowest BCUT2D eigenvalue weighted by atomic mass is 10.0. The summed E-state index contributed by atoms with van der Waals surface area (Å²) < 4.78 is 41.8. The molecule has 5 rings (SSSR count). The standard InChI is InChI=1S/C27H20F3N3O3/c1-16-24(21-8-4-5-9-22(21)32(16)15-23(34)35)25-19-6-2-3-7-20(19)26(36)33(31-25)14-17-10-12-18(13-11-17)27(28,29)30/h2-13H,14-15H2,1H3,(H,34,35). The number of carboxylic acid groups (broad SMARTS) is 1. The van der Waals surface area contributed by atoms with Crippen LogP contribution in [0.3, 0.4) is 0 Å². The number of carbonyl (C=O) groups is 1. The molecule has 0 atom stereocenters. The molecule has 0 saturated heterocycles. The van der Waals surface area contributed by atoms with Crippen LogP contribution in [0.15, 0.2) is 77.6 Å². The fourth-order valence-corrected chi connectivity index (χ4v) is 4.57. The third-order valence-electron chi connectivity index (χ3n) is 6.24. The summed E-state index contributed by atoms with van der Waals surface area (Å²) in [5.41, 5.74) is 1.94. The number of halogens is 3. The number of rotatable bonds is 5. The van der Waals surface area contributed by atoms with Crippen LogP contribution in [0, 0.1) is 6.92 Å². The minimum absolute atomic E-state index is 0.0262. The van der Waals surface area contributed by atoms with Gasteiger partial charge in [0.2, 0.25) is 0 Å². The fraction of sp³-hybridized carbons (Fsp3) is 0.148. The SMILES string of the molecule is Cc1c(-c2nn(Cc3ccc(C(F)(F)F)cc3)c(=O)c3ccccc23)c2ccccc2n1CC(=O)O. The van der Waals surface area contributed by atoms with Crippen LogP contribution in [0.25, 0.3) is 32.9 Å². The number of para-hydroxylation sites is 1. The first kappa shape index (κ1) is 23.3. The highest BCUT2D eigenvalue weighted by Gasteiger charge is 2.30. The third kappa shape index (κ3) is 4.02. The maximum absolute atomic E-state index is 13.3. The molecule has 2 heterocycles. The molecule has 1 N–H and O–H groups in total. The molecule has 2 aromatic heterocycles. The highest BCUT2D eigenvalue weighted by molar-refractivity contribution is 6.05. The maximum Gasteiger partial charge on any atom is 0.416 e. The summed E-state index contributed by atoms with van der Waals surface area (Å²) >= 11 is 0. The van der Waals surface area contributed by atoms with Gasteiger partial charge in [0, 0.05) is 27.5 Å². The predicted molar refractivity (Wildman–Crippen MR) is 130 cm³/mol. The van der Waals surface area contributed by atoms with E-state index in [9.17, 15) is 27.9 Å². The Morgan fingerprint density at radius 1 is 0.917 bits per heavy atom. The molecular weight excluding hydrogens is 471 g/mol. The number of nitrogens with zero attached hydrogens (tertiary/aromatic N) is 3. The van der Waals surface area contributed by atoms with E-state index in [1.54, 1.807) is 35.8 Å². The normalized spacial score (nSPS) is 11.9. The smallest absolute Gasteiger partial charge is 0.416 e. The lowest BCUT2D eigenvalue weighted by Crippen LogP contribution is -2.24. The molecule has 0 aliphatic carbocycles. The molecular formula is C27H20F3N3O3. The Bertz CT molecular complexity index is 1680. The monoisotopic (exact) mass is 491 g/mol.